The van der Waals surface area contributed by atoms with Crippen molar-refractivity contribution < 1.29 is 0 Å². The average Bonchev–Trinajstić information content (AvgIpc) is 1.62. The lowest BCUT2D eigenvalue weighted by Crippen LogP contribution is -2.12. The van der Waals surface area contributed by atoms with Crippen LogP contribution in [0.25, 0.3) is 160 Å². The number of hydrogen-bond acceptors (Lipinski definition) is 3. The molecule has 422 valence electrons. The van der Waals surface area contributed by atoms with E-state index in [4.69, 9.17) is 4.98 Å². The van der Waals surface area contributed by atoms with Crippen LogP contribution in [-0.4, -0.2) is 18.7 Å². The minimum Gasteiger partial charge on any atom is -0.307 e. The number of benzene rings is 13. The lowest BCUT2D eigenvalue weighted by atomic mass is 9.94. The number of hydrogen-bond donors (Lipinski definition) is 0. The molecule has 6 heteroatoms. The number of fused-ring (bicyclic) bond motifs is 9. The van der Waals surface area contributed by atoms with Crippen LogP contribution in [0.15, 0.2) is 316 Å². The van der Waals surface area contributed by atoms with Crippen molar-refractivity contribution in [3.63, 3.8) is 0 Å². The van der Waals surface area contributed by atoms with Crippen molar-refractivity contribution in [2.24, 2.45) is 0 Å². The van der Waals surface area contributed by atoms with Crippen LogP contribution in [0, 0.1) is 22.7 Å². The molecule has 0 saturated heterocycles. The molecule has 0 aliphatic rings. The monoisotopic (exact) mass is 1160 g/mol. The molecule has 17 rings (SSSR count). The first-order valence-electron chi connectivity index (χ1n) is 30.6. The number of aromatic nitrogens is 4. The number of rotatable bonds is 10. The number of nitriles is 2. The lowest BCUT2D eigenvalue weighted by molar-refractivity contribution is 1.01. The van der Waals surface area contributed by atoms with Gasteiger partial charge in [0.1, 0.15) is 12.1 Å². The molecule has 0 aliphatic heterocycles. The van der Waals surface area contributed by atoms with E-state index >= 15 is 0 Å². The molecule has 91 heavy (non-hydrogen) atoms. The van der Waals surface area contributed by atoms with Gasteiger partial charge >= 0.3 is 0 Å². The van der Waals surface area contributed by atoms with Crippen molar-refractivity contribution in [2.45, 2.75) is 0 Å². The Morgan fingerprint density at radius 1 is 0.264 bits per heavy atom. The van der Waals surface area contributed by atoms with Gasteiger partial charge in [-0.1, -0.05) is 231 Å². The Labute approximate surface area is 525 Å². The molecule has 0 N–H and O–H groups in total. The zero-order chi connectivity index (χ0) is 60.5. The molecular weight excluding hydrogens is 1100 g/mol. The molecule has 0 fully saturated rings. The largest absolute Gasteiger partial charge is 0.307 e. The Kier molecular flexibility index (Phi) is 12.5. The Morgan fingerprint density at radius 3 is 0.857 bits per heavy atom. The van der Waals surface area contributed by atoms with Crippen LogP contribution in [0.2, 0.25) is 0 Å². The number of pyridine rings is 1. The molecule has 6 nitrogen and oxygen atoms in total. The smallest absolute Gasteiger partial charge is 0.162 e. The van der Waals surface area contributed by atoms with Gasteiger partial charge in [-0.25, -0.2) is 4.98 Å². The summed E-state index contributed by atoms with van der Waals surface area (Å²) < 4.78 is 7.05. The van der Waals surface area contributed by atoms with Gasteiger partial charge in [-0.05, 0) is 146 Å². The van der Waals surface area contributed by atoms with Crippen LogP contribution >= 0.6 is 0 Å². The summed E-state index contributed by atoms with van der Waals surface area (Å²) >= 11 is 0. The van der Waals surface area contributed by atoms with E-state index in [1.807, 2.05) is 18.3 Å². The zero-order valence-corrected chi connectivity index (χ0v) is 49.2. The predicted molar refractivity (Wildman–Crippen MR) is 375 cm³/mol. The van der Waals surface area contributed by atoms with E-state index in [1.165, 1.54) is 0 Å². The van der Waals surface area contributed by atoms with Crippen molar-refractivity contribution in [3.8, 4) is 107 Å². The van der Waals surface area contributed by atoms with Crippen LogP contribution in [-0.2, 0) is 0 Å². The van der Waals surface area contributed by atoms with E-state index in [-0.39, 0.29) is 11.1 Å². The van der Waals surface area contributed by atoms with Gasteiger partial charge in [0.05, 0.1) is 61.8 Å². The second-order valence-corrected chi connectivity index (χ2v) is 23.2. The molecule has 0 atom stereocenters. The highest BCUT2D eigenvalue weighted by molar-refractivity contribution is 6.16. The van der Waals surface area contributed by atoms with E-state index in [9.17, 15) is 10.5 Å². The fourth-order valence-corrected chi connectivity index (χ4v) is 13.9. The van der Waals surface area contributed by atoms with Gasteiger partial charge in [-0.3, -0.25) is 4.57 Å². The fourth-order valence-electron chi connectivity index (χ4n) is 13.9. The number of nitrogens with zero attached hydrogens (tertiary/aromatic N) is 6. The second-order valence-electron chi connectivity index (χ2n) is 23.2. The predicted octanol–water partition coefficient (Wildman–Crippen LogP) is 21.8. The summed E-state index contributed by atoms with van der Waals surface area (Å²) in [5, 5.41) is 29.1. The summed E-state index contributed by atoms with van der Waals surface area (Å²) in [5.41, 5.74) is 22.2. The van der Waals surface area contributed by atoms with E-state index in [1.54, 1.807) is 6.07 Å². The highest BCUT2D eigenvalue weighted by Gasteiger charge is 2.31. The minimum atomic E-state index is 0.267. The Bertz CT molecular complexity index is 5520. The Balaban J connectivity index is 1.07. The zero-order valence-electron chi connectivity index (χ0n) is 49.2. The SMILES string of the molecule is N#Cc1cccc(-c2c(-n3c4ccc(-c5ccccc5)cc4c4cc(-c5ccccc5)ccc43)cnc(-n3c4ccc(-c5ccccc5)cc4c4cc(-c5ccccc5)ccc43)c2-n2c3ccc(-c4ccccc4)cc3c3cc(-c4ccccc4)ccc32)c1C#N. The molecule has 0 amide bonds. The summed E-state index contributed by atoms with van der Waals surface area (Å²) in [5.74, 6) is 0.640. The molecule has 0 bridgehead atoms. The molecule has 17 aromatic rings. The van der Waals surface area contributed by atoms with Gasteiger partial charge in [0.15, 0.2) is 5.82 Å². The van der Waals surface area contributed by atoms with E-state index < -0.39 is 0 Å². The van der Waals surface area contributed by atoms with E-state index in [0.29, 0.717) is 11.4 Å². The summed E-state index contributed by atoms with van der Waals surface area (Å²) in [4.78, 5) is 5.94. The van der Waals surface area contributed by atoms with Crippen LogP contribution in [0.5, 0.6) is 0 Å². The molecule has 4 heterocycles. The van der Waals surface area contributed by atoms with Gasteiger partial charge < -0.3 is 9.13 Å². The topological polar surface area (TPSA) is 75.3 Å². The quantitative estimate of drug-likeness (QED) is 0.137. The first kappa shape index (κ1) is 52.7. The molecule has 13 aromatic carbocycles. The fraction of sp³-hybridized carbons (Fsp3) is 0. The molecule has 0 aliphatic carbocycles. The normalized spacial score (nSPS) is 11.5. The van der Waals surface area contributed by atoms with E-state index in [0.717, 1.165) is 149 Å². The summed E-state index contributed by atoms with van der Waals surface area (Å²) in [6, 6.07) is 115. The molecule has 0 radical (unpaired) electrons. The van der Waals surface area contributed by atoms with Gasteiger partial charge in [0.2, 0.25) is 0 Å². The second kappa shape index (κ2) is 21.7. The molecule has 0 unspecified atom stereocenters. The molecular formula is C85H52N6. The Morgan fingerprint density at radius 2 is 0.560 bits per heavy atom. The summed E-state index contributed by atoms with van der Waals surface area (Å²) in [6.07, 6.45) is 2.01. The van der Waals surface area contributed by atoms with Gasteiger partial charge in [-0.2, -0.15) is 10.5 Å². The van der Waals surface area contributed by atoms with Gasteiger partial charge in [-0.15, -0.1) is 0 Å². The maximum atomic E-state index is 11.7. The van der Waals surface area contributed by atoms with Crippen molar-refractivity contribution in [1.82, 2.24) is 18.7 Å². The van der Waals surface area contributed by atoms with Crippen LogP contribution in [0.3, 0.4) is 0 Å². The molecule has 0 spiro atoms. The maximum absolute atomic E-state index is 11.7. The van der Waals surface area contributed by atoms with Gasteiger partial charge in [0.25, 0.3) is 0 Å². The van der Waals surface area contributed by atoms with Crippen molar-refractivity contribution in [1.29, 1.82) is 10.5 Å². The first-order valence-corrected chi connectivity index (χ1v) is 30.6. The first-order chi connectivity index (χ1) is 45.1. The minimum absolute atomic E-state index is 0.267. The van der Waals surface area contributed by atoms with Crippen molar-refractivity contribution >= 4 is 65.4 Å². The van der Waals surface area contributed by atoms with Crippen LogP contribution in [0.4, 0.5) is 0 Å². The highest BCUT2D eigenvalue weighted by Crippen LogP contribution is 2.49. The lowest BCUT2D eigenvalue weighted by Gasteiger charge is -2.24. The third kappa shape index (κ3) is 8.74. The third-order valence-corrected chi connectivity index (χ3v) is 18.2. The van der Waals surface area contributed by atoms with Crippen molar-refractivity contribution in [2.75, 3.05) is 0 Å². The maximum Gasteiger partial charge on any atom is 0.162 e. The molecule has 0 saturated carbocycles. The standard InChI is InChI=1S/C85H52N6/c86-52-67-32-19-33-68(75(67)53-87)83-82(89-76-40-34-61(55-20-7-1-8-21-55)46-69(76)70-47-62(35-41-77(70)89)56-22-9-2-10-23-56)54-88-85(91-80-44-38-65(59-28-15-5-16-29-59)50-73(80)74-51-66(39-45-81(74)91)60-30-17-6-18-31-60)84(83)90-78-42-36-63(57-24-11-3-12-25-57)48-71(78)72-49-64(37-43-79(72)90)58-26-13-4-14-27-58/h1-51,54H. The van der Waals surface area contributed by atoms with Gasteiger partial charge in [0, 0.05) is 43.4 Å². The summed E-state index contributed by atoms with van der Waals surface area (Å²) in [6.45, 7) is 0. The average molecular weight is 1160 g/mol. The summed E-state index contributed by atoms with van der Waals surface area (Å²) in [7, 11) is 0. The highest BCUT2D eigenvalue weighted by atomic mass is 15.1. The van der Waals surface area contributed by atoms with Crippen LogP contribution in [0.1, 0.15) is 11.1 Å². The molecule has 4 aromatic heterocycles. The van der Waals surface area contributed by atoms with Crippen molar-refractivity contribution in [3.05, 3.63) is 327 Å². The third-order valence-electron chi connectivity index (χ3n) is 18.2. The van der Waals surface area contributed by atoms with E-state index in [2.05, 4.69) is 317 Å². The Hall–Kier alpha value is -12.6. The van der Waals surface area contributed by atoms with Crippen LogP contribution < -0.4 is 0 Å².